The largest absolute Gasteiger partial charge is 0.497 e. The molecule has 1 N–H and O–H groups in total. The second kappa shape index (κ2) is 8.68. The van der Waals surface area contributed by atoms with Crippen LogP contribution in [0.25, 0.3) is 11.3 Å². The van der Waals surface area contributed by atoms with E-state index in [1.807, 2.05) is 54.8 Å². The summed E-state index contributed by atoms with van der Waals surface area (Å²) in [4.78, 5) is 16.9. The van der Waals surface area contributed by atoms with Gasteiger partial charge in [0.05, 0.1) is 24.9 Å². The van der Waals surface area contributed by atoms with Crippen LogP contribution in [0.4, 0.5) is 5.69 Å². The minimum atomic E-state index is -0.0496. The van der Waals surface area contributed by atoms with Gasteiger partial charge in [-0.25, -0.2) is 4.98 Å². The molecule has 1 heterocycles. The van der Waals surface area contributed by atoms with Crippen LogP contribution in [0.15, 0.2) is 47.8 Å². The van der Waals surface area contributed by atoms with Crippen LogP contribution in [0.1, 0.15) is 17.0 Å². The van der Waals surface area contributed by atoms with Crippen molar-refractivity contribution in [1.29, 1.82) is 0 Å². The number of ether oxygens (including phenoxy) is 2. The van der Waals surface area contributed by atoms with Crippen LogP contribution >= 0.6 is 11.3 Å². The van der Waals surface area contributed by atoms with E-state index in [4.69, 9.17) is 9.47 Å². The summed E-state index contributed by atoms with van der Waals surface area (Å²) < 4.78 is 10.6. The lowest BCUT2D eigenvalue weighted by atomic mass is 10.1. The highest BCUT2D eigenvalue weighted by Gasteiger charge is 2.10. The molecule has 0 saturated carbocycles. The Labute approximate surface area is 163 Å². The quantitative estimate of drug-likeness (QED) is 0.643. The van der Waals surface area contributed by atoms with Crippen LogP contribution in [0.3, 0.4) is 0 Å². The second-order valence-electron chi connectivity index (χ2n) is 6.06. The van der Waals surface area contributed by atoms with E-state index in [0.29, 0.717) is 12.8 Å². The standard InChI is InChI=1S/C21H22N2O3S/c1-14-22-19(13-27-14)15-5-4-6-17(11-15)23-21(24)10-7-16-12-18(25-2)8-9-20(16)26-3/h4-6,8-9,11-13H,7,10H2,1-3H3,(H,23,24). The maximum Gasteiger partial charge on any atom is 0.224 e. The van der Waals surface area contributed by atoms with Crippen molar-refractivity contribution in [2.45, 2.75) is 19.8 Å². The number of anilines is 1. The van der Waals surface area contributed by atoms with Crippen molar-refractivity contribution >= 4 is 22.9 Å². The Morgan fingerprint density at radius 1 is 1.15 bits per heavy atom. The molecular formula is C21H22N2O3S. The summed E-state index contributed by atoms with van der Waals surface area (Å²) in [5.74, 6) is 1.45. The molecule has 0 aliphatic carbocycles. The van der Waals surface area contributed by atoms with Crippen LogP contribution < -0.4 is 14.8 Å². The van der Waals surface area contributed by atoms with Gasteiger partial charge < -0.3 is 14.8 Å². The lowest BCUT2D eigenvalue weighted by Crippen LogP contribution is -2.12. The Balaban J connectivity index is 1.65. The van der Waals surface area contributed by atoms with E-state index in [9.17, 15) is 4.79 Å². The molecule has 0 spiro atoms. The van der Waals surface area contributed by atoms with Gasteiger partial charge in [0.25, 0.3) is 0 Å². The number of hydrogen-bond acceptors (Lipinski definition) is 5. The van der Waals surface area contributed by atoms with Crippen molar-refractivity contribution in [2.24, 2.45) is 0 Å². The van der Waals surface area contributed by atoms with E-state index in [0.717, 1.165) is 39.0 Å². The lowest BCUT2D eigenvalue weighted by Gasteiger charge is -2.11. The molecule has 0 saturated heterocycles. The van der Waals surface area contributed by atoms with Crippen molar-refractivity contribution in [2.75, 3.05) is 19.5 Å². The summed E-state index contributed by atoms with van der Waals surface area (Å²) in [6.07, 6.45) is 0.917. The number of nitrogens with zero attached hydrogens (tertiary/aromatic N) is 1. The van der Waals surface area contributed by atoms with E-state index >= 15 is 0 Å². The van der Waals surface area contributed by atoms with E-state index in [2.05, 4.69) is 10.3 Å². The summed E-state index contributed by atoms with van der Waals surface area (Å²) in [5.41, 5.74) is 3.63. The number of nitrogens with one attached hydrogen (secondary N) is 1. The Hall–Kier alpha value is -2.86. The number of carbonyl (C=O) groups excluding carboxylic acids is 1. The molecule has 3 rings (SSSR count). The molecule has 0 aliphatic heterocycles. The van der Waals surface area contributed by atoms with E-state index < -0.39 is 0 Å². The van der Waals surface area contributed by atoms with Crippen LogP contribution in [-0.4, -0.2) is 25.1 Å². The minimum Gasteiger partial charge on any atom is -0.497 e. The van der Waals surface area contributed by atoms with E-state index in [1.54, 1.807) is 25.6 Å². The molecule has 140 valence electrons. The summed E-state index contributed by atoms with van der Waals surface area (Å²) in [6, 6.07) is 13.3. The fraction of sp³-hybridized carbons (Fsp3) is 0.238. The Morgan fingerprint density at radius 3 is 2.70 bits per heavy atom. The van der Waals surface area contributed by atoms with Crippen LogP contribution in [0.2, 0.25) is 0 Å². The average molecular weight is 382 g/mol. The number of amides is 1. The van der Waals surface area contributed by atoms with E-state index in [1.165, 1.54) is 0 Å². The maximum absolute atomic E-state index is 12.4. The zero-order valence-electron chi connectivity index (χ0n) is 15.6. The molecular weight excluding hydrogens is 360 g/mol. The van der Waals surface area contributed by atoms with Gasteiger partial charge in [-0.1, -0.05) is 12.1 Å². The number of carbonyl (C=O) groups is 1. The van der Waals surface area contributed by atoms with Crippen molar-refractivity contribution < 1.29 is 14.3 Å². The van der Waals surface area contributed by atoms with Crippen molar-refractivity contribution in [1.82, 2.24) is 4.98 Å². The van der Waals surface area contributed by atoms with Crippen LogP contribution in [0.5, 0.6) is 11.5 Å². The molecule has 0 fully saturated rings. The average Bonchev–Trinajstić information content (AvgIpc) is 3.12. The lowest BCUT2D eigenvalue weighted by molar-refractivity contribution is -0.116. The Bertz CT molecular complexity index is 937. The van der Waals surface area contributed by atoms with Gasteiger partial charge in [0.1, 0.15) is 11.5 Å². The molecule has 2 aromatic carbocycles. The Morgan fingerprint density at radius 2 is 2.00 bits per heavy atom. The van der Waals surface area contributed by atoms with Gasteiger partial charge in [-0.3, -0.25) is 4.79 Å². The van der Waals surface area contributed by atoms with Crippen LogP contribution in [-0.2, 0) is 11.2 Å². The molecule has 5 nitrogen and oxygen atoms in total. The number of benzene rings is 2. The van der Waals surface area contributed by atoms with Crippen molar-refractivity contribution in [3.05, 3.63) is 58.4 Å². The molecule has 0 atom stereocenters. The second-order valence-corrected chi connectivity index (χ2v) is 7.12. The zero-order chi connectivity index (χ0) is 19.2. The first-order valence-electron chi connectivity index (χ1n) is 8.62. The van der Waals surface area contributed by atoms with Gasteiger partial charge in [0.2, 0.25) is 5.91 Å². The Kier molecular flexibility index (Phi) is 6.08. The molecule has 27 heavy (non-hydrogen) atoms. The minimum absolute atomic E-state index is 0.0496. The van der Waals surface area contributed by atoms with Gasteiger partial charge in [-0.15, -0.1) is 11.3 Å². The third-order valence-corrected chi connectivity index (χ3v) is 4.94. The SMILES string of the molecule is COc1ccc(OC)c(CCC(=O)Nc2cccc(-c3csc(C)n3)c2)c1. The van der Waals surface area contributed by atoms with Gasteiger partial charge >= 0.3 is 0 Å². The number of aromatic nitrogens is 1. The highest BCUT2D eigenvalue weighted by Crippen LogP contribution is 2.26. The number of hydrogen-bond donors (Lipinski definition) is 1. The number of thiazole rings is 1. The molecule has 0 aliphatic rings. The van der Waals surface area contributed by atoms with Gasteiger partial charge in [-0.2, -0.15) is 0 Å². The molecule has 6 heteroatoms. The predicted molar refractivity (Wildman–Crippen MR) is 109 cm³/mol. The highest BCUT2D eigenvalue weighted by molar-refractivity contribution is 7.09. The molecule has 0 bridgehead atoms. The summed E-state index contributed by atoms with van der Waals surface area (Å²) in [7, 11) is 3.24. The first-order valence-corrected chi connectivity index (χ1v) is 9.50. The number of rotatable bonds is 7. The third-order valence-electron chi connectivity index (χ3n) is 4.17. The number of aryl methyl sites for hydroxylation is 2. The highest BCUT2D eigenvalue weighted by atomic mass is 32.1. The third kappa shape index (κ3) is 4.86. The van der Waals surface area contributed by atoms with Gasteiger partial charge in [0.15, 0.2) is 0 Å². The fourth-order valence-electron chi connectivity index (χ4n) is 2.80. The summed E-state index contributed by atoms with van der Waals surface area (Å²) in [6.45, 7) is 1.98. The smallest absolute Gasteiger partial charge is 0.224 e. The van der Waals surface area contributed by atoms with Crippen molar-refractivity contribution in [3.8, 4) is 22.8 Å². The first kappa shape index (κ1) is 18.9. The molecule has 1 aromatic heterocycles. The normalized spacial score (nSPS) is 10.5. The first-order chi connectivity index (χ1) is 13.1. The topological polar surface area (TPSA) is 60.5 Å². The number of methoxy groups -OCH3 is 2. The molecule has 1 amide bonds. The maximum atomic E-state index is 12.4. The molecule has 0 radical (unpaired) electrons. The van der Waals surface area contributed by atoms with Gasteiger partial charge in [0, 0.05) is 23.1 Å². The zero-order valence-corrected chi connectivity index (χ0v) is 16.4. The van der Waals surface area contributed by atoms with E-state index in [-0.39, 0.29) is 5.91 Å². The van der Waals surface area contributed by atoms with Gasteiger partial charge in [-0.05, 0) is 49.2 Å². The fourth-order valence-corrected chi connectivity index (χ4v) is 3.42. The predicted octanol–water partition coefficient (Wildman–Crippen LogP) is 4.71. The van der Waals surface area contributed by atoms with Crippen molar-refractivity contribution in [3.63, 3.8) is 0 Å². The molecule has 0 unspecified atom stereocenters. The van der Waals surface area contributed by atoms with Crippen LogP contribution in [0, 0.1) is 6.92 Å². The molecule has 3 aromatic rings. The summed E-state index contributed by atoms with van der Waals surface area (Å²) in [5, 5.41) is 6.00. The summed E-state index contributed by atoms with van der Waals surface area (Å²) >= 11 is 1.61. The monoisotopic (exact) mass is 382 g/mol.